The first kappa shape index (κ1) is 26.6. The van der Waals surface area contributed by atoms with Crippen molar-refractivity contribution in [3.05, 3.63) is 32.6 Å². The van der Waals surface area contributed by atoms with Crippen molar-refractivity contribution in [2.75, 3.05) is 13.7 Å². The molecule has 180 valence electrons. The van der Waals surface area contributed by atoms with E-state index in [-0.39, 0.29) is 0 Å². The minimum atomic E-state index is -5.56. The molecule has 21 heteroatoms. The number of esters is 1. The lowest BCUT2D eigenvalue weighted by molar-refractivity contribution is -0.179. The third-order valence-corrected chi connectivity index (χ3v) is 7.25. The quantitative estimate of drug-likeness (QED) is 0.161. The number of hydrogen-bond acceptors (Lipinski definition) is 14. The van der Waals surface area contributed by atoms with Crippen molar-refractivity contribution in [2.45, 2.75) is 24.5 Å². The molecule has 0 aromatic carbocycles. The first-order valence-corrected chi connectivity index (χ1v) is 12.1. The molecule has 1 aromatic heterocycles. The second-order valence-corrected chi connectivity index (χ2v) is 9.75. The highest BCUT2D eigenvalue weighted by Crippen LogP contribution is 2.63. The summed E-state index contributed by atoms with van der Waals surface area (Å²) in [4.78, 5) is 65.9. The van der Waals surface area contributed by atoms with Crippen LogP contribution in [0.5, 0.6) is 0 Å². The Labute approximate surface area is 177 Å². The Morgan fingerprint density at radius 1 is 1.28 bits per heavy atom. The summed E-state index contributed by atoms with van der Waals surface area (Å²) in [6.07, 6.45) is -6.49. The maximum Gasteiger partial charge on any atom is 0.524 e. The molecule has 0 amide bonds. The number of nitrogens with zero attached hydrogens (tertiary/aromatic N) is 1. The Hall–Kier alpha value is -1.65. The molecule has 0 bridgehead atoms. The molecule has 2 heterocycles. The van der Waals surface area contributed by atoms with Crippen LogP contribution in [0.3, 0.4) is 0 Å². The summed E-state index contributed by atoms with van der Waals surface area (Å²) in [6.45, 7) is -1.09. The van der Waals surface area contributed by atoms with Gasteiger partial charge in [0.1, 0.15) is 23.9 Å². The molecule has 1 saturated heterocycles. The van der Waals surface area contributed by atoms with Gasteiger partial charge in [0.15, 0.2) is 6.23 Å². The first-order chi connectivity index (χ1) is 14.7. The second kappa shape index (κ2) is 10.1. The van der Waals surface area contributed by atoms with Crippen LogP contribution >= 0.6 is 23.9 Å². The van der Waals surface area contributed by atoms with Crippen LogP contribution in [0, 0.1) is 0 Å². The molecule has 0 radical (unpaired) electrons. The number of rotatable bonds is 9. The first-order valence-electron chi connectivity index (χ1n) is 7.98. The van der Waals surface area contributed by atoms with E-state index in [1.165, 1.54) is 0 Å². The lowest BCUT2D eigenvalue weighted by atomic mass is 10.1. The summed E-state index contributed by atoms with van der Waals surface area (Å²) < 4.78 is 54.8. The van der Waals surface area contributed by atoms with Crippen molar-refractivity contribution in [3.63, 3.8) is 0 Å². The predicted octanol–water partition coefficient (Wildman–Crippen LogP) is -2.79. The second-order valence-electron chi connectivity index (χ2n) is 5.87. The van der Waals surface area contributed by atoms with E-state index >= 15 is 0 Å². The molecule has 7 unspecified atom stereocenters. The van der Waals surface area contributed by atoms with E-state index in [9.17, 15) is 48.1 Å². The van der Waals surface area contributed by atoms with Gasteiger partial charge in [0, 0.05) is 6.20 Å². The smallest absolute Gasteiger partial charge is 0.524 e. The molecule has 1 fully saturated rings. The summed E-state index contributed by atoms with van der Waals surface area (Å²) in [5.41, 5.74) is -2.93. The van der Waals surface area contributed by atoms with Crippen molar-refractivity contribution in [3.8, 4) is 0 Å². The zero-order valence-corrected chi connectivity index (χ0v) is 18.3. The largest absolute Gasteiger partial charge is 0.566 e. The number of nitrogens with one attached hydrogen (secondary N) is 1. The van der Waals surface area contributed by atoms with Crippen molar-refractivity contribution >= 4 is 29.9 Å². The molecular formula is C11H15N2O16P3. The fraction of sp³-hybridized carbons (Fsp3) is 0.545. The Morgan fingerprint density at radius 2 is 1.91 bits per heavy atom. The van der Waals surface area contributed by atoms with Gasteiger partial charge < -0.3 is 29.5 Å². The molecule has 0 aliphatic carbocycles. The third-order valence-electron chi connectivity index (χ3n) is 3.76. The highest BCUT2D eigenvalue weighted by Gasteiger charge is 2.47. The number of phosphoric acid groups is 2. The summed E-state index contributed by atoms with van der Waals surface area (Å²) in [7, 11) is -14.0. The highest BCUT2D eigenvalue weighted by molar-refractivity contribution is 7.64. The Morgan fingerprint density at radius 3 is 2.47 bits per heavy atom. The summed E-state index contributed by atoms with van der Waals surface area (Å²) in [5, 5.41) is 20.2. The van der Waals surface area contributed by atoms with Gasteiger partial charge >= 0.3 is 35.6 Å². The molecule has 32 heavy (non-hydrogen) atoms. The number of aliphatic hydroxyl groups is 2. The van der Waals surface area contributed by atoms with E-state index in [0.717, 1.165) is 7.11 Å². The van der Waals surface area contributed by atoms with Crippen LogP contribution in [0.2, 0.25) is 0 Å². The van der Waals surface area contributed by atoms with Gasteiger partial charge in [0.05, 0.1) is 13.7 Å². The molecule has 1 aliphatic heterocycles. The molecule has 7 atom stereocenters. The van der Waals surface area contributed by atoms with Gasteiger partial charge in [-0.25, -0.2) is 18.7 Å². The van der Waals surface area contributed by atoms with Crippen LogP contribution in [0.1, 0.15) is 16.6 Å². The molecule has 1 aliphatic rings. The van der Waals surface area contributed by atoms with Gasteiger partial charge in [0.25, 0.3) is 5.56 Å². The van der Waals surface area contributed by atoms with Crippen LogP contribution in [0.25, 0.3) is 0 Å². The number of aromatic amines is 1. The number of methoxy groups -OCH3 is 1. The highest BCUT2D eigenvalue weighted by atomic mass is 31.3. The van der Waals surface area contributed by atoms with E-state index in [4.69, 9.17) is 9.63 Å². The monoisotopic (exact) mass is 524 g/mol. The van der Waals surface area contributed by atoms with Gasteiger partial charge in [-0.2, -0.15) is 4.31 Å². The molecular weight excluding hydrogens is 509 g/mol. The van der Waals surface area contributed by atoms with Crippen molar-refractivity contribution in [1.29, 1.82) is 0 Å². The SMILES string of the molecule is COC(=O)c1cn(C2OC(COP(=O)(O)OP(=O)(O)O[P+](=O)[O-])C(O)C2O)c(=O)[nH]c1=O. The van der Waals surface area contributed by atoms with Gasteiger partial charge in [-0.1, -0.05) is 0 Å². The zero-order chi connectivity index (χ0) is 24.4. The average Bonchev–Trinajstić information content (AvgIpc) is 2.92. The Balaban J connectivity index is 2.17. The minimum Gasteiger partial charge on any atom is -0.566 e. The maximum absolute atomic E-state index is 12.0. The molecule has 18 nitrogen and oxygen atoms in total. The van der Waals surface area contributed by atoms with Crippen LogP contribution in [-0.4, -0.2) is 67.5 Å². The maximum atomic E-state index is 12.0. The molecule has 0 spiro atoms. The molecule has 1 aromatic rings. The zero-order valence-electron chi connectivity index (χ0n) is 15.6. The number of carbonyl (C=O) groups excluding carboxylic acids is 1. The predicted molar refractivity (Wildman–Crippen MR) is 94.0 cm³/mol. The van der Waals surface area contributed by atoms with Crippen molar-refractivity contribution in [1.82, 2.24) is 9.55 Å². The number of phosphoric ester groups is 1. The van der Waals surface area contributed by atoms with Gasteiger partial charge in [0.2, 0.25) is 0 Å². The van der Waals surface area contributed by atoms with Crippen LogP contribution in [0.4, 0.5) is 0 Å². The third kappa shape index (κ3) is 6.45. The van der Waals surface area contributed by atoms with E-state index in [2.05, 4.69) is 17.9 Å². The standard InChI is InChI=1S/C11H15N2O16P3/c1-25-10(17)4-2-13(11(18)12-8(4)16)9-7(15)6(14)5(27-9)3-26-31(21,22)29-32(23,24)28-30(19)20/h2,5-7,9,14-15H,3H2,1H3,(H,21,22)(H,23,24)(H,12,16,18). The van der Waals surface area contributed by atoms with Crippen molar-refractivity contribution < 1.29 is 66.0 Å². The lowest BCUT2D eigenvalue weighted by Crippen LogP contribution is -2.39. The Bertz CT molecular complexity index is 1100. The van der Waals surface area contributed by atoms with Crippen molar-refractivity contribution in [2.24, 2.45) is 0 Å². The van der Waals surface area contributed by atoms with Crippen LogP contribution in [0.15, 0.2) is 15.8 Å². The Kier molecular flexibility index (Phi) is 8.39. The average molecular weight is 524 g/mol. The number of hydrogen-bond donors (Lipinski definition) is 5. The molecule has 0 saturated carbocycles. The van der Waals surface area contributed by atoms with Crippen LogP contribution < -0.4 is 16.1 Å². The van der Waals surface area contributed by atoms with Gasteiger partial charge in [-0.3, -0.25) is 23.8 Å². The van der Waals surface area contributed by atoms with E-state index < -0.39 is 77.8 Å². The van der Waals surface area contributed by atoms with Gasteiger partial charge in [-0.15, -0.1) is 0 Å². The van der Waals surface area contributed by atoms with Crippen LogP contribution in [-0.2, 0) is 36.3 Å². The van der Waals surface area contributed by atoms with E-state index in [1.54, 1.807) is 4.98 Å². The number of carbonyl (C=O) groups is 1. The fourth-order valence-corrected chi connectivity index (χ4v) is 5.08. The number of ether oxygens (including phenoxy) is 2. The number of H-pyrrole nitrogens is 1. The molecule has 2 rings (SSSR count). The number of aromatic nitrogens is 2. The molecule has 5 N–H and O–H groups in total. The normalized spacial score (nSPS) is 27.4. The van der Waals surface area contributed by atoms with Gasteiger partial charge in [-0.05, 0) is 8.88 Å². The summed E-state index contributed by atoms with van der Waals surface area (Å²) in [5.74, 6) is -1.14. The topological polar surface area (TPSA) is 273 Å². The van der Waals surface area contributed by atoms with E-state index in [1.807, 2.05) is 0 Å². The summed E-state index contributed by atoms with van der Waals surface area (Å²) in [6, 6.07) is 0. The lowest BCUT2D eigenvalue weighted by Gasteiger charge is -2.18. The minimum absolute atomic E-state index is 0.525. The van der Waals surface area contributed by atoms with E-state index in [0.29, 0.717) is 10.8 Å². The number of aliphatic hydroxyl groups excluding tert-OH is 2. The summed E-state index contributed by atoms with van der Waals surface area (Å²) >= 11 is 0. The fourth-order valence-electron chi connectivity index (χ4n) is 2.45.